The van der Waals surface area contributed by atoms with E-state index in [0.29, 0.717) is 5.13 Å². The molecule has 0 atom stereocenters. The van der Waals surface area contributed by atoms with Gasteiger partial charge in [-0.25, -0.2) is 4.98 Å². The van der Waals surface area contributed by atoms with Crippen LogP contribution in [0.1, 0.15) is 20.9 Å². The molecule has 0 aliphatic heterocycles. The van der Waals surface area contributed by atoms with Gasteiger partial charge in [0.2, 0.25) is 0 Å². The van der Waals surface area contributed by atoms with Crippen molar-refractivity contribution in [2.24, 2.45) is 0 Å². The Balaban J connectivity index is 2.19. The molecular weight excluding hydrogens is 314 g/mol. The van der Waals surface area contributed by atoms with Gasteiger partial charge in [0, 0.05) is 10.4 Å². The Bertz CT molecular complexity index is 669. The van der Waals surface area contributed by atoms with E-state index in [4.69, 9.17) is 4.74 Å². The van der Waals surface area contributed by atoms with Crippen molar-refractivity contribution < 1.29 is 23.0 Å². The molecule has 0 fully saturated rings. The number of carbonyl (C=O) groups excluding carboxylic acids is 1. The Kier molecular flexibility index (Phi) is 4.92. The van der Waals surface area contributed by atoms with Crippen molar-refractivity contribution in [2.75, 3.05) is 12.4 Å². The Morgan fingerprint density at radius 2 is 2.05 bits per heavy atom. The van der Waals surface area contributed by atoms with E-state index in [1.165, 1.54) is 36.6 Å². The van der Waals surface area contributed by atoms with E-state index < -0.39 is 12.5 Å². The van der Waals surface area contributed by atoms with Gasteiger partial charge in [-0.1, -0.05) is 0 Å². The van der Waals surface area contributed by atoms with E-state index in [9.17, 15) is 13.6 Å². The quantitative estimate of drug-likeness (QED) is 0.910. The lowest BCUT2D eigenvalue weighted by molar-refractivity contribution is -0.0512. The molecule has 0 aliphatic carbocycles. The summed E-state index contributed by atoms with van der Waals surface area (Å²) in [5.74, 6) is -0.481. The number of hydrogen-bond donors (Lipinski definition) is 1. The van der Waals surface area contributed by atoms with Crippen LogP contribution in [0.4, 0.5) is 13.9 Å². The molecule has 22 heavy (non-hydrogen) atoms. The molecule has 2 rings (SSSR count). The standard InChI is InChI=1S/C14H14F2N2O3S/c1-7-8(2)22-14(17-7)18-12(19)9-4-5-10(21-13(15)16)11(6-9)20-3/h4-6,13H,1-3H3,(H,17,18,19). The summed E-state index contributed by atoms with van der Waals surface area (Å²) < 4.78 is 33.8. The van der Waals surface area contributed by atoms with Crippen LogP contribution in [-0.4, -0.2) is 24.6 Å². The highest BCUT2D eigenvalue weighted by molar-refractivity contribution is 7.15. The van der Waals surface area contributed by atoms with Gasteiger partial charge in [0.25, 0.3) is 5.91 Å². The minimum Gasteiger partial charge on any atom is -0.493 e. The first-order valence-electron chi connectivity index (χ1n) is 6.29. The number of benzene rings is 1. The minimum atomic E-state index is -2.96. The molecule has 1 amide bonds. The molecule has 0 saturated heterocycles. The van der Waals surface area contributed by atoms with Gasteiger partial charge in [-0.05, 0) is 32.0 Å². The third-order valence-electron chi connectivity index (χ3n) is 2.89. The number of nitrogens with zero attached hydrogens (tertiary/aromatic N) is 1. The van der Waals surface area contributed by atoms with Gasteiger partial charge in [-0.2, -0.15) is 8.78 Å². The molecule has 1 aromatic heterocycles. The van der Waals surface area contributed by atoms with Crippen LogP contribution in [0.15, 0.2) is 18.2 Å². The lowest BCUT2D eigenvalue weighted by atomic mass is 10.2. The largest absolute Gasteiger partial charge is 0.493 e. The number of anilines is 1. The SMILES string of the molecule is COc1cc(C(=O)Nc2nc(C)c(C)s2)ccc1OC(F)F. The Hall–Kier alpha value is -2.22. The first-order chi connectivity index (χ1) is 10.4. The summed E-state index contributed by atoms with van der Waals surface area (Å²) in [4.78, 5) is 17.4. The number of rotatable bonds is 5. The lowest BCUT2D eigenvalue weighted by Gasteiger charge is -2.11. The van der Waals surface area contributed by atoms with Crippen LogP contribution in [0, 0.1) is 13.8 Å². The summed E-state index contributed by atoms with van der Waals surface area (Å²) in [5, 5.41) is 3.13. The number of methoxy groups -OCH3 is 1. The van der Waals surface area contributed by atoms with E-state index in [1.807, 2.05) is 13.8 Å². The number of hydrogen-bond acceptors (Lipinski definition) is 5. The summed E-state index contributed by atoms with van der Waals surface area (Å²) in [7, 11) is 1.31. The smallest absolute Gasteiger partial charge is 0.387 e. The molecule has 5 nitrogen and oxygen atoms in total. The van der Waals surface area contributed by atoms with E-state index >= 15 is 0 Å². The average molecular weight is 328 g/mol. The highest BCUT2D eigenvalue weighted by Crippen LogP contribution is 2.30. The first kappa shape index (κ1) is 16.2. The van der Waals surface area contributed by atoms with Crippen LogP contribution < -0.4 is 14.8 Å². The number of thiazole rings is 1. The molecule has 0 radical (unpaired) electrons. The number of aryl methyl sites for hydroxylation is 2. The number of halogens is 2. The van der Waals surface area contributed by atoms with Gasteiger partial charge in [-0.3, -0.25) is 10.1 Å². The molecule has 1 N–H and O–H groups in total. The van der Waals surface area contributed by atoms with Gasteiger partial charge in [0.1, 0.15) is 0 Å². The van der Waals surface area contributed by atoms with Crippen molar-refractivity contribution in [3.05, 3.63) is 34.3 Å². The maximum Gasteiger partial charge on any atom is 0.387 e. The van der Waals surface area contributed by atoms with Gasteiger partial charge >= 0.3 is 6.61 Å². The maximum absolute atomic E-state index is 12.3. The zero-order chi connectivity index (χ0) is 16.3. The first-order valence-corrected chi connectivity index (χ1v) is 7.10. The number of carbonyl (C=O) groups is 1. The van der Waals surface area contributed by atoms with Crippen LogP contribution in [0.2, 0.25) is 0 Å². The second kappa shape index (κ2) is 6.69. The van der Waals surface area contributed by atoms with Gasteiger partial charge in [0.15, 0.2) is 16.6 Å². The molecule has 1 aromatic carbocycles. The zero-order valence-corrected chi connectivity index (χ0v) is 13.0. The van der Waals surface area contributed by atoms with E-state index in [1.54, 1.807) is 0 Å². The third-order valence-corrected chi connectivity index (χ3v) is 3.88. The topological polar surface area (TPSA) is 60.5 Å². The fourth-order valence-electron chi connectivity index (χ4n) is 1.70. The van der Waals surface area contributed by atoms with Crippen LogP contribution in [0.25, 0.3) is 0 Å². The molecular formula is C14H14F2N2O3S. The average Bonchev–Trinajstić information content (AvgIpc) is 2.76. The molecule has 8 heteroatoms. The van der Waals surface area contributed by atoms with Crippen LogP contribution in [0.5, 0.6) is 11.5 Å². The highest BCUT2D eigenvalue weighted by atomic mass is 32.1. The fraction of sp³-hybridized carbons (Fsp3) is 0.286. The van der Waals surface area contributed by atoms with E-state index in [2.05, 4.69) is 15.0 Å². The zero-order valence-electron chi connectivity index (χ0n) is 12.1. The maximum atomic E-state index is 12.3. The predicted molar refractivity (Wildman–Crippen MR) is 79.2 cm³/mol. The number of ether oxygens (including phenoxy) is 2. The molecule has 0 aliphatic rings. The third kappa shape index (κ3) is 3.70. The van der Waals surface area contributed by atoms with Gasteiger partial charge in [0.05, 0.1) is 12.8 Å². The monoisotopic (exact) mass is 328 g/mol. The summed E-state index contributed by atoms with van der Waals surface area (Å²) in [6.07, 6.45) is 0. The molecule has 2 aromatic rings. The van der Waals surface area contributed by atoms with E-state index in [0.717, 1.165) is 10.6 Å². The molecule has 0 spiro atoms. The molecule has 0 saturated carbocycles. The van der Waals surface area contributed by atoms with Crippen molar-refractivity contribution >= 4 is 22.4 Å². The number of amides is 1. The minimum absolute atomic E-state index is 0.0550. The van der Waals surface area contributed by atoms with Crippen LogP contribution >= 0.6 is 11.3 Å². The van der Waals surface area contributed by atoms with Crippen LogP contribution in [-0.2, 0) is 0 Å². The normalized spacial score (nSPS) is 10.6. The van der Waals surface area contributed by atoms with Crippen molar-refractivity contribution in [3.63, 3.8) is 0 Å². The predicted octanol–water partition coefficient (Wildman–Crippen LogP) is 3.62. The second-order valence-corrected chi connectivity index (χ2v) is 5.56. The summed E-state index contributed by atoms with van der Waals surface area (Å²) >= 11 is 1.36. The van der Waals surface area contributed by atoms with Gasteiger partial charge < -0.3 is 9.47 Å². The number of aromatic nitrogens is 1. The fourth-order valence-corrected chi connectivity index (χ4v) is 2.51. The molecule has 0 bridgehead atoms. The Morgan fingerprint density at radius 1 is 1.32 bits per heavy atom. The Labute approximate surface area is 129 Å². The van der Waals surface area contributed by atoms with Gasteiger partial charge in [-0.15, -0.1) is 11.3 Å². The number of alkyl halides is 2. The molecule has 1 heterocycles. The second-order valence-electron chi connectivity index (χ2n) is 4.36. The van der Waals surface area contributed by atoms with Crippen molar-refractivity contribution in [1.82, 2.24) is 4.98 Å². The van der Waals surface area contributed by atoms with Crippen molar-refractivity contribution in [2.45, 2.75) is 20.5 Å². The number of nitrogens with one attached hydrogen (secondary N) is 1. The molecule has 0 unspecified atom stereocenters. The molecule has 118 valence electrons. The Morgan fingerprint density at radius 3 is 2.59 bits per heavy atom. The summed E-state index contributed by atoms with van der Waals surface area (Å²) in [6, 6.07) is 3.97. The van der Waals surface area contributed by atoms with Crippen molar-refractivity contribution in [3.8, 4) is 11.5 Å². The summed E-state index contributed by atoms with van der Waals surface area (Å²) in [5.41, 5.74) is 1.10. The van der Waals surface area contributed by atoms with E-state index in [-0.39, 0.29) is 17.1 Å². The van der Waals surface area contributed by atoms with Crippen molar-refractivity contribution in [1.29, 1.82) is 0 Å². The van der Waals surface area contributed by atoms with Crippen LogP contribution in [0.3, 0.4) is 0 Å². The highest BCUT2D eigenvalue weighted by Gasteiger charge is 2.15. The lowest BCUT2D eigenvalue weighted by Crippen LogP contribution is -2.12. The summed E-state index contributed by atoms with van der Waals surface area (Å²) in [6.45, 7) is 0.790.